The van der Waals surface area contributed by atoms with Gasteiger partial charge in [-0.1, -0.05) is 23.7 Å². The van der Waals surface area contributed by atoms with E-state index in [2.05, 4.69) is 31.8 Å². The molecule has 32 heavy (non-hydrogen) atoms. The van der Waals surface area contributed by atoms with Gasteiger partial charge in [0.15, 0.2) is 5.16 Å². The third kappa shape index (κ3) is 4.08. The molecular formula is C23H25ClN6OS. The lowest BCUT2D eigenvalue weighted by Gasteiger charge is -2.41. The molecule has 2 fully saturated rings. The first kappa shape index (κ1) is 21.6. The molecule has 2 N–H and O–H groups in total. The van der Waals surface area contributed by atoms with Crippen LogP contribution in [-0.2, 0) is 4.74 Å². The maximum absolute atomic E-state index is 6.66. The molecule has 1 aromatic carbocycles. The van der Waals surface area contributed by atoms with Gasteiger partial charge in [0.05, 0.1) is 41.5 Å². The summed E-state index contributed by atoms with van der Waals surface area (Å²) in [6.45, 7) is 4.72. The van der Waals surface area contributed by atoms with Gasteiger partial charge in [-0.3, -0.25) is 0 Å². The van der Waals surface area contributed by atoms with Crippen molar-refractivity contribution in [2.45, 2.75) is 42.0 Å². The number of nitrogens with zero attached hydrogens (tertiary/aromatic N) is 5. The van der Waals surface area contributed by atoms with Gasteiger partial charge in [0.2, 0.25) is 0 Å². The molecule has 9 heteroatoms. The van der Waals surface area contributed by atoms with Gasteiger partial charge in [0.1, 0.15) is 6.33 Å². The fourth-order valence-electron chi connectivity index (χ4n) is 4.54. The highest BCUT2D eigenvalue weighted by atomic mass is 35.5. The van der Waals surface area contributed by atoms with Gasteiger partial charge in [-0.15, -0.1) is 0 Å². The highest BCUT2D eigenvalue weighted by molar-refractivity contribution is 7.99. The van der Waals surface area contributed by atoms with Crippen molar-refractivity contribution in [2.75, 3.05) is 24.6 Å². The third-order valence-corrected chi connectivity index (χ3v) is 8.08. The molecule has 2 aliphatic rings. The number of hydrogen-bond acceptors (Lipinski definition) is 8. The zero-order valence-electron chi connectivity index (χ0n) is 17.8. The smallest absolute Gasteiger partial charge is 0.192 e. The Hall–Kier alpha value is -2.26. The van der Waals surface area contributed by atoms with Gasteiger partial charge in [-0.25, -0.2) is 19.9 Å². The summed E-state index contributed by atoms with van der Waals surface area (Å²) >= 11 is 8.11. The number of halogens is 1. The van der Waals surface area contributed by atoms with Gasteiger partial charge < -0.3 is 15.4 Å². The molecule has 0 radical (unpaired) electrons. The van der Waals surface area contributed by atoms with Crippen LogP contribution in [0.4, 0.5) is 5.69 Å². The Balaban J connectivity index is 1.26. The zero-order valence-corrected chi connectivity index (χ0v) is 19.4. The van der Waals surface area contributed by atoms with Crippen LogP contribution >= 0.6 is 23.4 Å². The normalized spacial score (nSPS) is 22.4. The Morgan fingerprint density at radius 1 is 1.16 bits per heavy atom. The average Bonchev–Trinajstić information content (AvgIpc) is 3.10. The van der Waals surface area contributed by atoms with Gasteiger partial charge in [-0.2, -0.15) is 0 Å². The predicted molar refractivity (Wildman–Crippen MR) is 126 cm³/mol. The Bertz CT molecular complexity index is 1080. The van der Waals surface area contributed by atoms with Crippen LogP contribution in [0.25, 0.3) is 11.3 Å². The monoisotopic (exact) mass is 468 g/mol. The molecule has 2 aromatic heterocycles. The Morgan fingerprint density at radius 3 is 2.59 bits per heavy atom. The lowest BCUT2D eigenvalue weighted by molar-refractivity contribution is 0.0974. The SMILES string of the molecule is C[C@@H]1OCC2(CCN(c3cnc(Sc4cccc(-c5ccncn5)c4Cl)nc3)CC2)[C@@H]1N. The van der Waals surface area contributed by atoms with Crippen molar-refractivity contribution in [2.24, 2.45) is 11.1 Å². The molecule has 7 nitrogen and oxygen atoms in total. The van der Waals surface area contributed by atoms with Crippen molar-refractivity contribution in [1.82, 2.24) is 19.9 Å². The molecular weight excluding hydrogens is 444 g/mol. The summed E-state index contributed by atoms with van der Waals surface area (Å²) in [6, 6.07) is 7.83. The molecule has 2 saturated heterocycles. The van der Waals surface area contributed by atoms with Crippen LogP contribution in [0.2, 0.25) is 5.02 Å². The Labute approximate surface area is 196 Å². The van der Waals surface area contributed by atoms with E-state index in [9.17, 15) is 0 Å². The van der Waals surface area contributed by atoms with Crippen molar-refractivity contribution < 1.29 is 4.74 Å². The molecule has 0 saturated carbocycles. The van der Waals surface area contributed by atoms with Crippen LogP contribution in [0.5, 0.6) is 0 Å². The summed E-state index contributed by atoms with van der Waals surface area (Å²) in [5.74, 6) is 0. The lowest BCUT2D eigenvalue weighted by atomic mass is 9.73. The fraction of sp³-hybridized carbons (Fsp3) is 0.391. The van der Waals surface area contributed by atoms with Crippen LogP contribution in [-0.4, -0.2) is 51.8 Å². The lowest BCUT2D eigenvalue weighted by Crippen LogP contribution is -2.50. The maximum atomic E-state index is 6.66. The van der Waals surface area contributed by atoms with E-state index in [0.717, 1.165) is 54.4 Å². The first-order valence-corrected chi connectivity index (χ1v) is 11.9. The van der Waals surface area contributed by atoms with Crippen LogP contribution < -0.4 is 10.6 Å². The largest absolute Gasteiger partial charge is 0.376 e. The van der Waals surface area contributed by atoms with Crippen LogP contribution in [0, 0.1) is 5.41 Å². The number of aromatic nitrogens is 4. The van der Waals surface area contributed by atoms with Crippen LogP contribution in [0.3, 0.4) is 0 Å². The summed E-state index contributed by atoms with van der Waals surface area (Å²) in [5, 5.41) is 1.29. The predicted octanol–water partition coefficient (Wildman–Crippen LogP) is 4.07. The number of ether oxygens (including phenoxy) is 1. The summed E-state index contributed by atoms with van der Waals surface area (Å²) in [6.07, 6.45) is 9.20. The van der Waals surface area contributed by atoms with Crippen molar-refractivity contribution in [3.63, 3.8) is 0 Å². The molecule has 5 rings (SSSR count). The van der Waals surface area contributed by atoms with Crippen molar-refractivity contribution >= 4 is 29.1 Å². The quantitative estimate of drug-likeness (QED) is 0.573. The van der Waals surface area contributed by atoms with Crippen LogP contribution in [0.15, 0.2) is 59.2 Å². The first-order valence-electron chi connectivity index (χ1n) is 10.7. The van der Waals surface area contributed by atoms with Crippen molar-refractivity contribution in [1.29, 1.82) is 0 Å². The molecule has 1 spiro atoms. The molecule has 3 aromatic rings. The van der Waals surface area contributed by atoms with Crippen molar-refractivity contribution in [3.8, 4) is 11.3 Å². The summed E-state index contributed by atoms with van der Waals surface area (Å²) in [5.41, 5.74) is 9.23. The molecule has 0 unspecified atom stereocenters. The molecule has 0 bridgehead atoms. The fourth-order valence-corrected chi connectivity index (χ4v) is 5.64. The number of hydrogen-bond donors (Lipinski definition) is 1. The van der Waals surface area contributed by atoms with E-state index in [-0.39, 0.29) is 17.6 Å². The van der Waals surface area contributed by atoms with Gasteiger partial charge in [-0.05, 0) is 43.7 Å². The molecule has 2 atom stereocenters. The standard InChI is InChI=1S/C23H25ClN6OS/c1-15-21(25)23(13-31-15)6-9-30(10-7-23)16-11-27-22(28-12-16)32-19-4-2-3-17(20(19)24)18-5-8-26-14-29-18/h2-5,8,11-12,14-15,21H,6-7,9-10,13,25H2,1H3/t15-,21+/m0/s1. The van der Waals surface area contributed by atoms with E-state index in [1.807, 2.05) is 36.7 Å². The average molecular weight is 469 g/mol. The summed E-state index contributed by atoms with van der Waals surface area (Å²) in [7, 11) is 0. The first-order chi connectivity index (χ1) is 15.6. The van der Waals surface area contributed by atoms with Crippen LogP contribution in [0.1, 0.15) is 19.8 Å². The maximum Gasteiger partial charge on any atom is 0.192 e. The van der Waals surface area contributed by atoms with E-state index in [1.165, 1.54) is 18.1 Å². The molecule has 166 valence electrons. The highest BCUT2D eigenvalue weighted by Gasteiger charge is 2.47. The highest BCUT2D eigenvalue weighted by Crippen LogP contribution is 2.42. The number of nitrogens with two attached hydrogens (primary N) is 1. The second-order valence-electron chi connectivity index (χ2n) is 8.43. The molecule has 0 amide bonds. The minimum Gasteiger partial charge on any atom is -0.376 e. The minimum atomic E-state index is 0.109. The number of anilines is 1. The number of benzene rings is 1. The molecule has 0 aliphatic carbocycles. The topological polar surface area (TPSA) is 90.0 Å². The number of piperidine rings is 1. The van der Waals surface area contributed by atoms with Gasteiger partial charge in [0.25, 0.3) is 0 Å². The van der Waals surface area contributed by atoms with E-state index >= 15 is 0 Å². The third-order valence-electron chi connectivity index (χ3n) is 6.61. The van der Waals surface area contributed by atoms with E-state index in [4.69, 9.17) is 22.1 Å². The Morgan fingerprint density at radius 2 is 1.94 bits per heavy atom. The van der Waals surface area contributed by atoms with E-state index in [1.54, 1.807) is 6.20 Å². The molecule has 2 aliphatic heterocycles. The second kappa shape index (κ2) is 8.94. The van der Waals surface area contributed by atoms with E-state index in [0.29, 0.717) is 10.2 Å². The van der Waals surface area contributed by atoms with Crippen molar-refractivity contribution in [3.05, 3.63) is 54.2 Å². The Kier molecular flexibility index (Phi) is 6.03. The summed E-state index contributed by atoms with van der Waals surface area (Å²) in [4.78, 5) is 20.7. The molecule has 4 heterocycles. The van der Waals surface area contributed by atoms with Gasteiger partial charge in [0, 0.05) is 41.2 Å². The number of rotatable bonds is 4. The summed E-state index contributed by atoms with van der Waals surface area (Å²) < 4.78 is 5.83. The minimum absolute atomic E-state index is 0.109. The van der Waals surface area contributed by atoms with E-state index < -0.39 is 0 Å². The second-order valence-corrected chi connectivity index (χ2v) is 9.82. The van der Waals surface area contributed by atoms with Gasteiger partial charge >= 0.3 is 0 Å². The zero-order chi connectivity index (χ0) is 22.1.